The van der Waals surface area contributed by atoms with E-state index in [1.807, 2.05) is 48.5 Å². The van der Waals surface area contributed by atoms with Crippen molar-refractivity contribution < 1.29 is 9.47 Å². The fraction of sp³-hybridized carbons (Fsp3) is 0.0698. The number of nitrogens with two attached hydrogens (primary N) is 2. The van der Waals surface area contributed by atoms with Gasteiger partial charge in [-0.25, -0.2) is 0 Å². The van der Waals surface area contributed by atoms with Gasteiger partial charge in [-0.1, -0.05) is 140 Å². The van der Waals surface area contributed by atoms with Gasteiger partial charge in [-0.15, -0.1) is 0 Å². The molecule has 0 fully saturated rings. The van der Waals surface area contributed by atoms with Gasteiger partial charge in [-0.05, 0) is 67.9 Å². The van der Waals surface area contributed by atoms with Crippen molar-refractivity contribution >= 4 is 10.8 Å². The zero-order valence-corrected chi connectivity index (χ0v) is 25.6. The Morgan fingerprint density at radius 1 is 0.489 bits per heavy atom. The Hall–Kier alpha value is -5.52. The fourth-order valence-electron chi connectivity index (χ4n) is 7.83. The lowest BCUT2D eigenvalue weighted by Gasteiger charge is -2.39. The summed E-state index contributed by atoms with van der Waals surface area (Å²) in [5.74, 6) is 1.71. The topological polar surface area (TPSA) is 70.5 Å². The fourth-order valence-corrected chi connectivity index (χ4v) is 7.83. The second-order valence-electron chi connectivity index (χ2n) is 12.3. The van der Waals surface area contributed by atoms with Crippen molar-refractivity contribution in [2.24, 2.45) is 11.5 Å². The first-order valence-corrected chi connectivity index (χ1v) is 16.0. The van der Waals surface area contributed by atoms with Gasteiger partial charge in [-0.2, -0.15) is 0 Å². The Morgan fingerprint density at radius 3 is 1.87 bits per heavy atom. The van der Waals surface area contributed by atoms with Crippen LogP contribution in [0.5, 0.6) is 11.5 Å². The minimum atomic E-state index is -0.777. The summed E-state index contributed by atoms with van der Waals surface area (Å²) in [6.07, 6.45) is -1.46. The molecule has 7 aromatic carbocycles. The maximum Gasteiger partial charge on any atom is 0.135 e. The number of benzene rings is 7. The SMILES string of the molecule is NC(OC(N)c1c(-c2ccc3c(c2)C2(c4ccccc4O3)c3ccccc3-c3ccccc32)ccc2ccccc12)c1ccccc1. The van der Waals surface area contributed by atoms with Crippen LogP contribution in [0.3, 0.4) is 0 Å². The largest absolute Gasteiger partial charge is 0.457 e. The average Bonchev–Trinajstić information content (AvgIpc) is 3.42. The van der Waals surface area contributed by atoms with Crippen molar-refractivity contribution in [1.82, 2.24) is 0 Å². The van der Waals surface area contributed by atoms with Crippen LogP contribution in [0.25, 0.3) is 33.0 Å². The molecule has 2 atom stereocenters. The number of hydrogen-bond acceptors (Lipinski definition) is 4. The molecule has 226 valence electrons. The summed E-state index contributed by atoms with van der Waals surface area (Å²) in [6.45, 7) is 0. The minimum Gasteiger partial charge on any atom is -0.457 e. The Morgan fingerprint density at radius 2 is 1.11 bits per heavy atom. The highest BCUT2D eigenvalue weighted by atomic mass is 16.5. The Bertz CT molecular complexity index is 2270. The van der Waals surface area contributed by atoms with Gasteiger partial charge in [0.25, 0.3) is 0 Å². The van der Waals surface area contributed by atoms with E-state index in [1.165, 1.54) is 22.3 Å². The third-order valence-electron chi connectivity index (χ3n) is 9.83. The van der Waals surface area contributed by atoms with Crippen LogP contribution in [0.1, 0.15) is 45.8 Å². The van der Waals surface area contributed by atoms with Gasteiger partial charge in [0.2, 0.25) is 0 Å². The highest BCUT2D eigenvalue weighted by Crippen LogP contribution is 2.62. The first-order valence-electron chi connectivity index (χ1n) is 16.0. The summed E-state index contributed by atoms with van der Waals surface area (Å²) in [7, 11) is 0. The first-order chi connectivity index (χ1) is 23.1. The van der Waals surface area contributed by atoms with Gasteiger partial charge < -0.3 is 20.9 Å². The van der Waals surface area contributed by atoms with E-state index in [9.17, 15) is 0 Å². The van der Waals surface area contributed by atoms with Crippen LogP contribution in [0, 0.1) is 0 Å². The number of ether oxygens (including phenoxy) is 2. The van der Waals surface area contributed by atoms with Crippen molar-refractivity contribution in [3.05, 3.63) is 191 Å². The monoisotopic (exact) mass is 608 g/mol. The van der Waals surface area contributed by atoms with Crippen molar-refractivity contribution in [2.75, 3.05) is 0 Å². The van der Waals surface area contributed by atoms with E-state index in [1.54, 1.807) is 0 Å². The van der Waals surface area contributed by atoms with Crippen LogP contribution < -0.4 is 16.2 Å². The van der Waals surface area contributed by atoms with Crippen molar-refractivity contribution in [1.29, 1.82) is 0 Å². The molecule has 1 heterocycles. The molecule has 1 aliphatic heterocycles. The Kier molecular flexibility index (Phi) is 6.37. The third kappa shape index (κ3) is 4.13. The molecule has 0 saturated heterocycles. The molecule has 4 N–H and O–H groups in total. The molecule has 9 rings (SSSR count). The number of hydrogen-bond donors (Lipinski definition) is 2. The normalized spacial score (nSPS) is 14.9. The Balaban J connectivity index is 1.28. The van der Waals surface area contributed by atoms with E-state index in [-0.39, 0.29) is 0 Å². The quantitative estimate of drug-likeness (QED) is 0.191. The van der Waals surface area contributed by atoms with E-state index in [2.05, 4.69) is 109 Å². The van der Waals surface area contributed by atoms with Gasteiger partial charge in [0.15, 0.2) is 0 Å². The van der Waals surface area contributed by atoms with Crippen molar-refractivity contribution in [3.63, 3.8) is 0 Å². The van der Waals surface area contributed by atoms with E-state index in [0.717, 1.165) is 55.7 Å². The molecule has 2 aliphatic rings. The molecule has 0 saturated carbocycles. The van der Waals surface area contributed by atoms with Gasteiger partial charge in [0.05, 0.1) is 5.41 Å². The standard InChI is InChI=1S/C43H32N2O2/c44-41(28-13-2-1-3-14-28)47-42(45)40-30-15-5-4-12-27(30)22-24-31(40)29-23-25-39-37(26-29)43(36-20-10-11-21-38(36)46-39)34-18-8-6-16-32(34)33-17-7-9-19-35(33)43/h1-26,41-42H,44-45H2. The molecule has 0 aromatic heterocycles. The molecular weight excluding hydrogens is 576 g/mol. The van der Waals surface area contributed by atoms with Crippen LogP contribution in [0.2, 0.25) is 0 Å². The van der Waals surface area contributed by atoms with Crippen LogP contribution in [0.4, 0.5) is 0 Å². The third-order valence-corrected chi connectivity index (χ3v) is 9.83. The highest BCUT2D eigenvalue weighted by molar-refractivity contribution is 5.93. The van der Waals surface area contributed by atoms with Gasteiger partial charge in [-0.3, -0.25) is 0 Å². The van der Waals surface area contributed by atoms with Gasteiger partial charge >= 0.3 is 0 Å². The molecular formula is C43H32N2O2. The van der Waals surface area contributed by atoms with Crippen molar-refractivity contribution in [2.45, 2.75) is 17.9 Å². The smallest absolute Gasteiger partial charge is 0.135 e. The molecule has 1 aliphatic carbocycles. The number of rotatable bonds is 5. The highest BCUT2D eigenvalue weighted by Gasteiger charge is 2.51. The predicted octanol–water partition coefficient (Wildman–Crippen LogP) is 9.61. The maximum atomic E-state index is 6.95. The van der Waals surface area contributed by atoms with E-state index in [0.29, 0.717) is 0 Å². The lowest BCUT2D eigenvalue weighted by atomic mass is 9.65. The molecule has 2 unspecified atom stereocenters. The zero-order chi connectivity index (χ0) is 31.5. The molecule has 4 nitrogen and oxygen atoms in total. The molecule has 4 heteroatoms. The maximum absolute atomic E-state index is 6.95. The van der Waals surface area contributed by atoms with Gasteiger partial charge in [0, 0.05) is 16.7 Å². The molecule has 47 heavy (non-hydrogen) atoms. The summed E-state index contributed by atoms with van der Waals surface area (Å²) >= 11 is 0. The van der Waals surface area contributed by atoms with Gasteiger partial charge in [0.1, 0.15) is 24.0 Å². The lowest BCUT2D eigenvalue weighted by molar-refractivity contribution is -0.00725. The molecule has 0 amide bonds. The lowest BCUT2D eigenvalue weighted by Crippen LogP contribution is -2.32. The van der Waals surface area contributed by atoms with E-state index < -0.39 is 17.9 Å². The minimum absolute atomic E-state index is 0.557. The summed E-state index contributed by atoms with van der Waals surface area (Å²) in [4.78, 5) is 0. The van der Waals surface area contributed by atoms with Crippen LogP contribution in [-0.2, 0) is 10.2 Å². The second-order valence-corrected chi connectivity index (χ2v) is 12.3. The van der Waals surface area contributed by atoms with E-state index in [4.69, 9.17) is 20.9 Å². The number of fused-ring (bicyclic) bond motifs is 10. The van der Waals surface area contributed by atoms with Crippen LogP contribution >= 0.6 is 0 Å². The first kappa shape index (κ1) is 27.8. The molecule has 7 aromatic rings. The van der Waals surface area contributed by atoms with Crippen LogP contribution in [-0.4, -0.2) is 0 Å². The molecule has 0 radical (unpaired) electrons. The predicted molar refractivity (Wildman–Crippen MR) is 188 cm³/mol. The summed E-state index contributed by atoms with van der Waals surface area (Å²) in [5.41, 5.74) is 24.0. The average molecular weight is 609 g/mol. The second kappa shape index (κ2) is 10.8. The molecule has 0 bridgehead atoms. The summed E-state index contributed by atoms with van der Waals surface area (Å²) in [6, 6.07) is 54.9. The Labute approximate surface area is 273 Å². The zero-order valence-electron chi connectivity index (χ0n) is 25.6. The van der Waals surface area contributed by atoms with Crippen molar-refractivity contribution in [3.8, 4) is 33.8 Å². The van der Waals surface area contributed by atoms with E-state index >= 15 is 0 Å². The summed E-state index contributed by atoms with van der Waals surface area (Å²) in [5, 5.41) is 2.12. The number of para-hydroxylation sites is 1. The summed E-state index contributed by atoms with van der Waals surface area (Å²) < 4.78 is 13.0. The van der Waals surface area contributed by atoms with Crippen LogP contribution in [0.15, 0.2) is 158 Å². The molecule has 1 spiro atoms.